The molecule has 1 fully saturated rings. The van der Waals surface area contributed by atoms with E-state index in [4.69, 9.17) is 0 Å². The summed E-state index contributed by atoms with van der Waals surface area (Å²) >= 11 is 0. The van der Waals surface area contributed by atoms with Crippen LogP contribution in [0.2, 0.25) is 0 Å². The van der Waals surface area contributed by atoms with Gasteiger partial charge in [-0.15, -0.1) is 0 Å². The van der Waals surface area contributed by atoms with Gasteiger partial charge in [-0.1, -0.05) is 0 Å². The van der Waals surface area contributed by atoms with Crippen LogP contribution in [0.4, 0.5) is 8.78 Å². The maximum atomic E-state index is 13.3. The Kier molecular flexibility index (Phi) is 3.68. The Balaban J connectivity index is 1.96. The lowest BCUT2D eigenvalue weighted by molar-refractivity contribution is 0.0943. The van der Waals surface area contributed by atoms with Gasteiger partial charge in [0.15, 0.2) is 0 Å². The number of rotatable bonds is 3. The molecule has 5 heteroatoms. The van der Waals surface area contributed by atoms with Gasteiger partial charge < -0.3 is 10.6 Å². The fourth-order valence-corrected chi connectivity index (χ4v) is 1.89. The number of nitrogens with one attached hydrogen (secondary N) is 2. The van der Waals surface area contributed by atoms with E-state index in [1.807, 2.05) is 0 Å². The third-order valence-electron chi connectivity index (χ3n) is 2.89. The number of hydrogen-bond donors (Lipinski definition) is 2. The van der Waals surface area contributed by atoms with Gasteiger partial charge in [-0.3, -0.25) is 4.79 Å². The largest absolute Gasteiger partial charge is 0.352 e. The minimum atomic E-state index is -0.701. The Morgan fingerprint density at radius 3 is 3.00 bits per heavy atom. The second kappa shape index (κ2) is 5.23. The molecule has 92 valence electrons. The van der Waals surface area contributed by atoms with Crippen molar-refractivity contribution in [3.63, 3.8) is 0 Å². The van der Waals surface area contributed by atoms with Crippen molar-refractivity contribution in [1.82, 2.24) is 10.6 Å². The van der Waals surface area contributed by atoms with E-state index in [0.717, 1.165) is 37.7 Å². The zero-order valence-corrected chi connectivity index (χ0v) is 9.30. The molecule has 1 heterocycles. The van der Waals surface area contributed by atoms with Gasteiger partial charge in [0.2, 0.25) is 0 Å². The van der Waals surface area contributed by atoms with Crippen LogP contribution in [0.1, 0.15) is 16.8 Å². The molecule has 17 heavy (non-hydrogen) atoms. The predicted molar refractivity (Wildman–Crippen MR) is 59.7 cm³/mol. The molecular formula is C12H14F2N2O. The molecule has 2 N–H and O–H groups in total. The Hall–Kier alpha value is -1.49. The van der Waals surface area contributed by atoms with Crippen LogP contribution in [0.15, 0.2) is 18.2 Å². The van der Waals surface area contributed by atoms with Crippen LogP contribution in [-0.4, -0.2) is 25.5 Å². The van der Waals surface area contributed by atoms with Crippen LogP contribution in [0, 0.1) is 17.6 Å². The Bertz CT molecular complexity index is 417. The molecule has 1 aliphatic heterocycles. The first kappa shape index (κ1) is 12.0. The topological polar surface area (TPSA) is 41.1 Å². The van der Waals surface area contributed by atoms with E-state index in [0.29, 0.717) is 12.5 Å². The molecule has 2 rings (SSSR count). The highest BCUT2D eigenvalue weighted by Crippen LogP contribution is 2.10. The Morgan fingerprint density at radius 2 is 2.29 bits per heavy atom. The van der Waals surface area contributed by atoms with Gasteiger partial charge in [0.25, 0.3) is 5.91 Å². The summed E-state index contributed by atoms with van der Waals surface area (Å²) < 4.78 is 26.2. The number of carbonyl (C=O) groups excluding carboxylic acids is 1. The summed E-state index contributed by atoms with van der Waals surface area (Å²) in [5, 5.41) is 5.79. The predicted octanol–water partition coefficient (Wildman–Crippen LogP) is 1.30. The molecule has 1 unspecified atom stereocenters. The van der Waals surface area contributed by atoms with Crippen molar-refractivity contribution >= 4 is 5.91 Å². The molecule has 1 atom stereocenters. The highest BCUT2D eigenvalue weighted by Gasteiger charge is 2.17. The number of carbonyl (C=O) groups is 1. The minimum absolute atomic E-state index is 0.240. The van der Waals surface area contributed by atoms with Crippen LogP contribution >= 0.6 is 0 Å². The third kappa shape index (κ3) is 3.00. The van der Waals surface area contributed by atoms with Gasteiger partial charge in [-0.25, -0.2) is 8.78 Å². The van der Waals surface area contributed by atoms with Gasteiger partial charge >= 0.3 is 0 Å². The van der Waals surface area contributed by atoms with E-state index in [-0.39, 0.29) is 5.56 Å². The van der Waals surface area contributed by atoms with Crippen molar-refractivity contribution in [3.05, 3.63) is 35.4 Å². The lowest BCUT2D eigenvalue weighted by Gasteiger charge is -2.10. The maximum Gasteiger partial charge on any atom is 0.254 e. The summed E-state index contributed by atoms with van der Waals surface area (Å²) in [7, 11) is 0. The second-order valence-electron chi connectivity index (χ2n) is 4.19. The van der Waals surface area contributed by atoms with E-state index in [1.54, 1.807) is 0 Å². The molecule has 3 nitrogen and oxygen atoms in total. The lowest BCUT2D eigenvalue weighted by atomic mass is 10.1. The van der Waals surface area contributed by atoms with Crippen LogP contribution in [0.25, 0.3) is 0 Å². The molecule has 0 aromatic heterocycles. The average Bonchev–Trinajstić information content (AvgIpc) is 2.82. The zero-order valence-electron chi connectivity index (χ0n) is 9.30. The molecule has 1 amide bonds. The van der Waals surface area contributed by atoms with Crippen molar-refractivity contribution in [1.29, 1.82) is 0 Å². The molecule has 0 aliphatic carbocycles. The van der Waals surface area contributed by atoms with E-state index < -0.39 is 17.5 Å². The van der Waals surface area contributed by atoms with Gasteiger partial charge in [0.05, 0.1) is 5.56 Å². The van der Waals surface area contributed by atoms with Crippen molar-refractivity contribution < 1.29 is 13.6 Å². The van der Waals surface area contributed by atoms with E-state index in [1.165, 1.54) is 0 Å². The minimum Gasteiger partial charge on any atom is -0.352 e. The summed E-state index contributed by atoms with van der Waals surface area (Å²) in [6.07, 6.45) is 0.992. The number of hydrogen-bond acceptors (Lipinski definition) is 2. The fourth-order valence-electron chi connectivity index (χ4n) is 1.89. The highest BCUT2D eigenvalue weighted by molar-refractivity contribution is 5.94. The van der Waals surface area contributed by atoms with Crippen molar-refractivity contribution in [2.75, 3.05) is 19.6 Å². The standard InChI is InChI=1S/C12H14F2N2O/c13-9-1-2-11(14)10(5-9)12(17)16-7-8-3-4-15-6-8/h1-2,5,8,15H,3-4,6-7H2,(H,16,17). The molecule has 0 spiro atoms. The first-order valence-corrected chi connectivity index (χ1v) is 5.61. The van der Waals surface area contributed by atoms with Crippen molar-refractivity contribution in [2.24, 2.45) is 5.92 Å². The first-order valence-electron chi connectivity index (χ1n) is 5.61. The molecule has 1 aromatic rings. The lowest BCUT2D eigenvalue weighted by Crippen LogP contribution is -2.30. The van der Waals surface area contributed by atoms with E-state index in [9.17, 15) is 13.6 Å². The van der Waals surface area contributed by atoms with Crippen molar-refractivity contribution in [2.45, 2.75) is 6.42 Å². The first-order chi connectivity index (χ1) is 8.16. The third-order valence-corrected chi connectivity index (χ3v) is 2.89. The fraction of sp³-hybridized carbons (Fsp3) is 0.417. The van der Waals surface area contributed by atoms with Crippen LogP contribution in [0.3, 0.4) is 0 Å². The smallest absolute Gasteiger partial charge is 0.254 e. The summed E-state index contributed by atoms with van der Waals surface area (Å²) in [6.45, 7) is 2.28. The van der Waals surface area contributed by atoms with Crippen molar-refractivity contribution in [3.8, 4) is 0 Å². The molecule has 1 aromatic carbocycles. The monoisotopic (exact) mass is 240 g/mol. The normalized spacial score (nSPS) is 19.3. The number of amides is 1. The number of halogens is 2. The average molecular weight is 240 g/mol. The SMILES string of the molecule is O=C(NCC1CCNC1)c1cc(F)ccc1F. The van der Waals surface area contributed by atoms with Gasteiger partial charge in [-0.05, 0) is 43.6 Å². The highest BCUT2D eigenvalue weighted by atomic mass is 19.1. The summed E-state index contributed by atoms with van der Waals surface area (Å²) in [6, 6.07) is 2.87. The molecule has 0 saturated carbocycles. The van der Waals surface area contributed by atoms with Crippen LogP contribution in [-0.2, 0) is 0 Å². The Morgan fingerprint density at radius 1 is 1.47 bits per heavy atom. The van der Waals surface area contributed by atoms with Gasteiger partial charge in [0.1, 0.15) is 11.6 Å². The Labute approximate surface area is 98.2 Å². The quantitative estimate of drug-likeness (QED) is 0.836. The molecule has 1 aliphatic rings. The molecular weight excluding hydrogens is 226 g/mol. The zero-order chi connectivity index (χ0) is 12.3. The maximum absolute atomic E-state index is 13.3. The molecule has 0 bridgehead atoms. The van der Waals surface area contributed by atoms with Crippen LogP contribution < -0.4 is 10.6 Å². The second-order valence-corrected chi connectivity index (χ2v) is 4.19. The number of benzene rings is 1. The van der Waals surface area contributed by atoms with Crippen LogP contribution in [0.5, 0.6) is 0 Å². The van der Waals surface area contributed by atoms with Gasteiger partial charge in [0, 0.05) is 6.54 Å². The van der Waals surface area contributed by atoms with Gasteiger partial charge in [-0.2, -0.15) is 0 Å². The summed E-state index contributed by atoms with van der Waals surface area (Å²) in [5.74, 6) is -1.50. The molecule has 0 radical (unpaired) electrons. The van der Waals surface area contributed by atoms with E-state index in [2.05, 4.69) is 10.6 Å². The van der Waals surface area contributed by atoms with E-state index >= 15 is 0 Å². The molecule has 1 saturated heterocycles. The summed E-state index contributed by atoms with van der Waals surface area (Å²) in [5.41, 5.74) is -0.240. The summed E-state index contributed by atoms with van der Waals surface area (Å²) in [4.78, 5) is 11.6.